The molecule has 2 heteroatoms. The van der Waals surface area contributed by atoms with E-state index in [0.29, 0.717) is 6.04 Å². The summed E-state index contributed by atoms with van der Waals surface area (Å²) < 4.78 is 5.38. The molecular weight excluding hydrogens is 162 g/mol. The molecule has 13 heavy (non-hydrogen) atoms. The van der Waals surface area contributed by atoms with Crippen molar-refractivity contribution < 1.29 is 4.74 Å². The molecule has 0 aliphatic rings. The minimum Gasteiger partial charge on any atom is -0.380 e. The third kappa shape index (κ3) is 11.5. The molecule has 0 aromatic rings. The van der Waals surface area contributed by atoms with Crippen molar-refractivity contribution in [2.45, 2.75) is 39.7 Å². The second-order valence-electron chi connectivity index (χ2n) is 3.25. The van der Waals surface area contributed by atoms with E-state index in [2.05, 4.69) is 31.0 Å². The summed E-state index contributed by atoms with van der Waals surface area (Å²) in [4.78, 5) is 0. The maximum Gasteiger partial charge on any atom is 0.0575 e. The van der Waals surface area contributed by atoms with Crippen LogP contribution in [0.4, 0.5) is 0 Å². The molecule has 0 radical (unpaired) electrons. The standard InChI is InChI=1S/C11H21NO/c1-4-5-6-9-13-10-7-8-12-11(2)3/h11-12H,6-10H2,1-3H3. The minimum absolute atomic E-state index is 0.575. The third-order valence-electron chi connectivity index (χ3n) is 1.57. The first kappa shape index (κ1) is 12.5. The summed E-state index contributed by atoms with van der Waals surface area (Å²) in [5, 5.41) is 3.34. The van der Waals surface area contributed by atoms with E-state index in [1.165, 1.54) is 0 Å². The minimum atomic E-state index is 0.575. The largest absolute Gasteiger partial charge is 0.380 e. The van der Waals surface area contributed by atoms with Crippen molar-refractivity contribution >= 4 is 0 Å². The predicted molar refractivity (Wildman–Crippen MR) is 56.6 cm³/mol. The van der Waals surface area contributed by atoms with E-state index in [9.17, 15) is 0 Å². The van der Waals surface area contributed by atoms with E-state index in [-0.39, 0.29) is 0 Å². The number of nitrogens with one attached hydrogen (secondary N) is 1. The summed E-state index contributed by atoms with van der Waals surface area (Å²) in [5.41, 5.74) is 0. The van der Waals surface area contributed by atoms with E-state index in [1.807, 2.05) is 6.92 Å². The number of hydrogen-bond donors (Lipinski definition) is 1. The zero-order valence-electron chi connectivity index (χ0n) is 9.02. The van der Waals surface area contributed by atoms with Crippen LogP contribution in [-0.2, 0) is 4.74 Å². The van der Waals surface area contributed by atoms with Crippen LogP contribution in [0.5, 0.6) is 0 Å². The number of ether oxygens (including phenoxy) is 1. The molecule has 0 aromatic heterocycles. The molecular formula is C11H21NO. The first-order valence-electron chi connectivity index (χ1n) is 4.98. The third-order valence-corrected chi connectivity index (χ3v) is 1.57. The van der Waals surface area contributed by atoms with Gasteiger partial charge in [0.15, 0.2) is 0 Å². The van der Waals surface area contributed by atoms with Gasteiger partial charge in [-0.05, 0) is 19.9 Å². The summed E-state index contributed by atoms with van der Waals surface area (Å²) in [5.74, 6) is 5.81. The summed E-state index contributed by atoms with van der Waals surface area (Å²) in [6.07, 6.45) is 1.94. The fourth-order valence-electron chi connectivity index (χ4n) is 0.915. The maximum absolute atomic E-state index is 5.38. The number of rotatable bonds is 7. The van der Waals surface area contributed by atoms with Gasteiger partial charge in [0, 0.05) is 19.1 Å². The molecule has 0 aliphatic carbocycles. The van der Waals surface area contributed by atoms with Gasteiger partial charge in [0.05, 0.1) is 6.61 Å². The highest BCUT2D eigenvalue weighted by molar-refractivity contribution is 4.94. The predicted octanol–water partition coefficient (Wildman–Crippen LogP) is 1.80. The highest BCUT2D eigenvalue weighted by atomic mass is 16.5. The van der Waals surface area contributed by atoms with Crippen LogP contribution in [0.3, 0.4) is 0 Å². The summed E-state index contributed by atoms with van der Waals surface area (Å²) >= 11 is 0. The molecule has 0 bridgehead atoms. The molecule has 0 aromatic carbocycles. The zero-order valence-corrected chi connectivity index (χ0v) is 9.02. The molecule has 1 N–H and O–H groups in total. The van der Waals surface area contributed by atoms with Gasteiger partial charge in [0.1, 0.15) is 0 Å². The Morgan fingerprint density at radius 2 is 2.08 bits per heavy atom. The molecule has 0 spiro atoms. The normalized spacial score (nSPS) is 9.85. The topological polar surface area (TPSA) is 21.3 Å². The average molecular weight is 183 g/mol. The molecule has 0 atom stereocenters. The van der Waals surface area contributed by atoms with Gasteiger partial charge in [-0.25, -0.2) is 0 Å². The Bertz CT molecular complexity index is 155. The molecule has 76 valence electrons. The van der Waals surface area contributed by atoms with Gasteiger partial charge in [-0.3, -0.25) is 0 Å². The Balaban J connectivity index is 2.94. The lowest BCUT2D eigenvalue weighted by atomic mass is 10.3. The van der Waals surface area contributed by atoms with Crippen LogP contribution in [0, 0.1) is 11.8 Å². The van der Waals surface area contributed by atoms with Crippen LogP contribution in [0.15, 0.2) is 0 Å². The van der Waals surface area contributed by atoms with Crippen molar-refractivity contribution in [2.24, 2.45) is 0 Å². The van der Waals surface area contributed by atoms with Gasteiger partial charge < -0.3 is 10.1 Å². The van der Waals surface area contributed by atoms with Crippen molar-refractivity contribution in [3.8, 4) is 11.8 Å². The van der Waals surface area contributed by atoms with E-state index >= 15 is 0 Å². The molecule has 0 saturated carbocycles. The van der Waals surface area contributed by atoms with Crippen LogP contribution >= 0.6 is 0 Å². The Hall–Kier alpha value is -0.520. The molecule has 0 saturated heterocycles. The second-order valence-corrected chi connectivity index (χ2v) is 3.25. The summed E-state index contributed by atoms with van der Waals surface area (Å²) in [6.45, 7) is 8.80. The Kier molecular flexibility index (Phi) is 9.18. The quantitative estimate of drug-likeness (QED) is 0.480. The van der Waals surface area contributed by atoms with Crippen LogP contribution in [-0.4, -0.2) is 25.8 Å². The monoisotopic (exact) mass is 183 g/mol. The van der Waals surface area contributed by atoms with Crippen molar-refractivity contribution in [3.05, 3.63) is 0 Å². The Labute approximate surface area is 82.1 Å². The van der Waals surface area contributed by atoms with Crippen LogP contribution in [0.1, 0.15) is 33.6 Å². The smallest absolute Gasteiger partial charge is 0.0575 e. The number of hydrogen-bond acceptors (Lipinski definition) is 2. The second kappa shape index (κ2) is 9.57. The van der Waals surface area contributed by atoms with Crippen molar-refractivity contribution in [3.63, 3.8) is 0 Å². The Morgan fingerprint density at radius 3 is 2.69 bits per heavy atom. The molecule has 0 amide bonds. The molecule has 0 fully saturated rings. The van der Waals surface area contributed by atoms with Gasteiger partial charge >= 0.3 is 0 Å². The first-order valence-corrected chi connectivity index (χ1v) is 4.98. The average Bonchev–Trinajstić information content (AvgIpc) is 2.09. The van der Waals surface area contributed by atoms with Crippen molar-refractivity contribution in [1.82, 2.24) is 5.32 Å². The van der Waals surface area contributed by atoms with Crippen molar-refractivity contribution in [2.75, 3.05) is 19.8 Å². The van der Waals surface area contributed by atoms with Crippen LogP contribution in [0.2, 0.25) is 0 Å². The highest BCUT2D eigenvalue weighted by Crippen LogP contribution is 1.85. The molecule has 0 heterocycles. The van der Waals surface area contributed by atoms with E-state index in [4.69, 9.17) is 4.74 Å². The lowest BCUT2D eigenvalue weighted by molar-refractivity contribution is 0.137. The van der Waals surface area contributed by atoms with E-state index in [1.54, 1.807) is 0 Å². The molecule has 0 rings (SSSR count). The fraction of sp³-hybridized carbons (Fsp3) is 0.818. The molecule has 0 unspecified atom stereocenters. The highest BCUT2D eigenvalue weighted by Gasteiger charge is 1.91. The van der Waals surface area contributed by atoms with Crippen molar-refractivity contribution in [1.29, 1.82) is 0 Å². The van der Waals surface area contributed by atoms with E-state index in [0.717, 1.165) is 32.6 Å². The first-order chi connectivity index (χ1) is 6.27. The summed E-state index contributed by atoms with van der Waals surface area (Å²) in [6, 6.07) is 0.575. The maximum atomic E-state index is 5.38. The van der Waals surface area contributed by atoms with Gasteiger partial charge in [-0.2, -0.15) is 0 Å². The summed E-state index contributed by atoms with van der Waals surface area (Å²) in [7, 11) is 0. The molecule has 2 nitrogen and oxygen atoms in total. The zero-order chi connectivity index (χ0) is 9.94. The van der Waals surface area contributed by atoms with Gasteiger partial charge in [-0.15, -0.1) is 11.8 Å². The van der Waals surface area contributed by atoms with Gasteiger partial charge in [-0.1, -0.05) is 13.8 Å². The SMILES string of the molecule is CC#CCCOCCCNC(C)C. The van der Waals surface area contributed by atoms with Crippen LogP contribution < -0.4 is 5.32 Å². The van der Waals surface area contributed by atoms with E-state index < -0.39 is 0 Å². The van der Waals surface area contributed by atoms with Crippen LogP contribution in [0.25, 0.3) is 0 Å². The lowest BCUT2D eigenvalue weighted by Crippen LogP contribution is -2.24. The molecule has 0 aliphatic heterocycles. The fourth-order valence-corrected chi connectivity index (χ4v) is 0.915. The Morgan fingerprint density at radius 1 is 1.31 bits per heavy atom. The lowest BCUT2D eigenvalue weighted by Gasteiger charge is -2.07. The van der Waals surface area contributed by atoms with Gasteiger partial charge in [0.25, 0.3) is 0 Å². The van der Waals surface area contributed by atoms with Gasteiger partial charge in [0.2, 0.25) is 0 Å².